The van der Waals surface area contributed by atoms with Crippen LogP contribution in [0.4, 0.5) is 5.69 Å². The summed E-state index contributed by atoms with van der Waals surface area (Å²) in [6, 6.07) is 14.4. The van der Waals surface area contributed by atoms with Crippen molar-refractivity contribution in [2.24, 2.45) is 4.99 Å². The summed E-state index contributed by atoms with van der Waals surface area (Å²) in [5.41, 5.74) is 4.03. The van der Waals surface area contributed by atoms with Crippen LogP contribution >= 0.6 is 11.3 Å². The van der Waals surface area contributed by atoms with Crippen LogP contribution in [0.1, 0.15) is 43.5 Å². The molecule has 0 N–H and O–H groups in total. The largest absolute Gasteiger partial charge is 0.459 e. The summed E-state index contributed by atoms with van der Waals surface area (Å²) in [6.45, 7) is 11.4. The van der Waals surface area contributed by atoms with E-state index in [1.165, 1.54) is 15.9 Å². The number of aryl methyl sites for hydroxylation is 1. The average molecular weight is 514 g/mol. The number of aromatic nitrogens is 1. The molecule has 0 spiro atoms. The fraction of sp³-hybridized carbons (Fsp3) is 0.241. The minimum atomic E-state index is -0.728. The van der Waals surface area contributed by atoms with E-state index >= 15 is 0 Å². The molecule has 1 amide bonds. The lowest BCUT2D eigenvalue weighted by Gasteiger charge is -2.25. The maximum absolute atomic E-state index is 14.1. The molecule has 37 heavy (non-hydrogen) atoms. The number of fused-ring (bicyclic) bond motifs is 2. The van der Waals surface area contributed by atoms with E-state index in [4.69, 9.17) is 4.74 Å². The van der Waals surface area contributed by atoms with Gasteiger partial charge in [-0.05, 0) is 39.3 Å². The third kappa shape index (κ3) is 4.07. The second kappa shape index (κ2) is 9.44. The van der Waals surface area contributed by atoms with Crippen LogP contribution in [0.2, 0.25) is 0 Å². The summed E-state index contributed by atoms with van der Waals surface area (Å²) >= 11 is 1.17. The van der Waals surface area contributed by atoms with Crippen molar-refractivity contribution in [3.63, 3.8) is 0 Å². The number of benzene rings is 2. The van der Waals surface area contributed by atoms with Crippen molar-refractivity contribution in [3.05, 3.63) is 109 Å². The zero-order valence-electron chi connectivity index (χ0n) is 21.1. The Bertz CT molecular complexity index is 1660. The van der Waals surface area contributed by atoms with Crippen molar-refractivity contribution in [2.75, 3.05) is 11.4 Å². The van der Waals surface area contributed by atoms with Crippen molar-refractivity contribution < 1.29 is 14.3 Å². The summed E-state index contributed by atoms with van der Waals surface area (Å²) in [5.74, 6) is -0.771. The number of para-hydroxylation sites is 1. The van der Waals surface area contributed by atoms with Crippen molar-refractivity contribution in [3.8, 4) is 0 Å². The molecule has 0 radical (unpaired) electrons. The molecule has 2 aliphatic heterocycles. The molecule has 5 rings (SSSR count). The maximum Gasteiger partial charge on any atom is 0.338 e. The number of esters is 1. The minimum absolute atomic E-state index is 0.256. The summed E-state index contributed by atoms with van der Waals surface area (Å²) in [5, 5.41) is 0. The van der Waals surface area contributed by atoms with Gasteiger partial charge in [0.1, 0.15) is 4.53 Å². The van der Waals surface area contributed by atoms with Crippen LogP contribution in [0, 0.1) is 6.92 Å². The number of hydrogen-bond acceptors (Lipinski definition) is 6. The topological polar surface area (TPSA) is 81.0 Å². The number of carbonyl (C=O) groups is 2. The number of hydrogen-bond donors (Lipinski definition) is 0. The predicted octanol–water partition coefficient (Wildman–Crippen LogP) is 3.40. The Kier molecular flexibility index (Phi) is 6.29. The van der Waals surface area contributed by atoms with Gasteiger partial charge in [0.15, 0.2) is 4.80 Å². The molecule has 2 aliphatic rings. The summed E-state index contributed by atoms with van der Waals surface area (Å²) in [7, 11) is 0. The first-order chi connectivity index (χ1) is 17.7. The number of carbonyl (C=O) groups excluding carboxylic acids is 2. The number of allylic oxidation sites excluding steroid dienone is 1. The molecule has 0 fully saturated rings. The lowest BCUT2D eigenvalue weighted by Crippen LogP contribution is -2.41. The zero-order chi connectivity index (χ0) is 26.4. The van der Waals surface area contributed by atoms with E-state index in [1.54, 1.807) is 31.7 Å². The standard InChI is InChI=1S/C29H27N3O4S/c1-6-15-31-21-10-8-7-9-20(21)23(26(31)33)25-27(34)32-24(19-13-11-17(4)12-14-19)22(28(35)36-16(2)3)18(5)30-29(32)37-25/h6-14,16,24H,1,15H2,2-5H3/b25-23-. The van der Waals surface area contributed by atoms with Gasteiger partial charge in [-0.1, -0.05) is 65.4 Å². The van der Waals surface area contributed by atoms with Crippen molar-refractivity contribution in [1.29, 1.82) is 0 Å². The summed E-state index contributed by atoms with van der Waals surface area (Å²) in [4.78, 5) is 47.6. The number of nitrogens with zero attached hydrogens (tertiary/aromatic N) is 3. The normalized spacial score (nSPS) is 18.0. The van der Waals surface area contributed by atoms with Gasteiger partial charge in [0.05, 0.1) is 34.7 Å². The molecule has 3 aromatic rings. The molecule has 2 aromatic carbocycles. The van der Waals surface area contributed by atoms with Crippen LogP contribution in [-0.4, -0.2) is 29.1 Å². The summed E-state index contributed by atoms with van der Waals surface area (Å²) in [6.07, 6.45) is 1.33. The van der Waals surface area contributed by atoms with E-state index in [0.29, 0.717) is 38.3 Å². The third-order valence-corrected chi connectivity index (χ3v) is 7.47. The molecule has 0 bridgehead atoms. The first kappa shape index (κ1) is 24.6. The van der Waals surface area contributed by atoms with Gasteiger partial charge < -0.3 is 9.64 Å². The molecular formula is C29H27N3O4S. The van der Waals surface area contributed by atoms with Crippen molar-refractivity contribution in [2.45, 2.75) is 39.8 Å². The predicted molar refractivity (Wildman–Crippen MR) is 144 cm³/mol. The average Bonchev–Trinajstić information content (AvgIpc) is 3.31. The molecule has 8 heteroatoms. The minimum Gasteiger partial charge on any atom is -0.459 e. The number of anilines is 1. The van der Waals surface area contributed by atoms with Crippen LogP contribution in [-0.2, 0) is 14.3 Å². The van der Waals surface area contributed by atoms with E-state index in [0.717, 1.165) is 16.8 Å². The first-order valence-electron chi connectivity index (χ1n) is 12.1. The van der Waals surface area contributed by atoms with E-state index in [9.17, 15) is 14.4 Å². The number of ether oxygens (including phenoxy) is 1. The molecule has 3 heterocycles. The van der Waals surface area contributed by atoms with Gasteiger partial charge in [-0.2, -0.15) is 0 Å². The lowest BCUT2D eigenvalue weighted by atomic mass is 9.95. The molecule has 0 saturated carbocycles. The van der Waals surface area contributed by atoms with Gasteiger partial charge in [0, 0.05) is 12.1 Å². The van der Waals surface area contributed by atoms with Gasteiger partial charge in [-0.25, -0.2) is 9.79 Å². The van der Waals surface area contributed by atoms with Gasteiger partial charge in [0.2, 0.25) is 0 Å². The van der Waals surface area contributed by atoms with Gasteiger partial charge >= 0.3 is 5.97 Å². The fourth-order valence-electron chi connectivity index (χ4n) is 4.78. The quantitative estimate of drug-likeness (QED) is 0.387. The highest BCUT2D eigenvalue weighted by Gasteiger charge is 2.37. The highest BCUT2D eigenvalue weighted by Crippen LogP contribution is 2.35. The molecule has 0 saturated heterocycles. The first-order valence-corrected chi connectivity index (χ1v) is 12.9. The van der Waals surface area contributed by atoms with Gasteiger partial charge in [-0.15, -0.1) is 6.58 Å². The Morgan fingerprint density at radius 2 is 1.84 bits per heavy atom. The van der Waals surface area contributed by atoms with Crippen molar-refractivity contribution in [1.82, 2.24) is 4.57 Å². The highest BCUT2D eigenvalue weighted by atomic mass is 32.1. The number of amides is 1. The Hall–Kier alpha value is -4.04. The van der Waals surface area contributed by atoms with Gasteiger partial charge in [-0.3, -0.25) is 14.2 Å². The van der Waals surface area contributed by atoms with Gasteiger partial charge in [0.25, 0.3) is 11.5 Å². The van der Waals surface area contributed by atoms with Crippen molar-refractivity contribution >= 4 is 34.5 Å². The van der Waals surface area contributed by atoms with Crippen LogP contribution in [0.5, 0.6) is 0 Å². The second-order valence-electron chi connectivity index (χ2n) is 9.36. The zero-order valence-corrected chi connectivity index (χ0v) is 22.0. The Morgan fingerprint density at radius 1 is 1.14 bits per heavy atom. The van der Waals surface area contributed by atoms with E-state index in [2.05, 4.69) is 11.6 Å². The molecule has 7 nitrogen and oxygen atoms in total. The Balaban J connectivity index is 1.80. The molecule has 0 aliphatic carbocycles. The maximum atomic E-state index is 14.1. The highest BCUT2D eigenvalue weighted by molar-refractivity contribution is 7.07. The van der Waals surface area contributed by atoms with E-state index < -0.39 is 12.0 Å². The molecule has 1 aromatic heterocycles. The molecule has 1 atom stereocenters. The molecule has 188 valence electrons. The second-order valence-corrected chi connectivity index (χ2v) is 10.3. The van der Waals surface area contributed by atoms with E-state index in [1.807, 2.05) is 55.5 Å². The van der Waals surface area contributed by atoms with Crippen LogP contribution in [0.3, 0.4) is 0 Å². The van der Waals surface area contributed by atoms with E-state index in [-0.39, 0.29) is 17.6 Å². The monoisotopic (exact) mass is 513 g/mol. The molecule has 1 unspecified atom stereocenters. The smallest absolute Gasteiger partial charge is 0.338 e. The lowest BCUT2D eigenvalue weighted by molar-refractivity contribution is -0.143. The molecular weight excluding hydrogens is 486 g/mol. The Morgan fingerprint density at radius 3 is 2.51 bits per heavy atom. The van der Waals surface area contributed by atoms with Crippen LogP contribution in [0.15, 0.2) is 82.2 Å². The summed E-state index contributed by atoms with van der Waals surface area (Å²) < 4.78 is 7.38. The van der Waals surface area contributed by atoms with Crippen LogP contribution in [0.25, 0.3) is 5.57 Å². The number of rotatable bonds is 5. The van der Waals surface area contributed by atoms with Crippen LogP contribution < -0.4 is 19.8 Å². The fourth-order valence-corrected chi connectivity index (χ4v) is 5.92. The third-order valence-electron chi connectivity index (χ3n) is 6.41. The Labute approximate surface area is 218 Å². The number of thiazole rings is 1. The SMILES string of the molecule is C=CCN1C(=O)/C(=c2\sc3n(c2=O)C(c2ccc(C)cc2)C(C(=O)OC(C)C)=C(C)N=3)c2ccccc21.